The van der Waals surface area contributed by atoms with Crippen LogP contribution in [0.2, 0.25) is 15.5 Å². The van der Waals surface area contributed by atoms with Gasteiger partial charge in [0.25, 0.3) is 0 Å². The second kappa shape index (κ2) is 27.6. The topological polar surface area (TPSA) is 288 Å². The highest BCUT2D eigenvalue weighted by molar-refractivity contribution is 9.11. The van der Waals surface area contributed by atoms with E-state index in [-0.39, 0.29) is 52.5 Å². The highest BCUT2D eigenvalue weighted by Gasteiger charge is 2.59. The number of pyridine rings is 3. The lowest BCUT2D eigenvalue weighted by atomic mass is 9.80. The number of fused-ring (bicyclic) bond motifs is 6. The molecule has 9 N–H and O–H groups in total. The third-order valence-electron chi connectivity index (χ3n) is 23.1. The molecule has 9 aromatic heterocycles. The summed E-state index contributed by atoms with van der Waals surface area (Å²) in [6, 6.07) is 30.6. The molecule has 18 rings (SSSR count). The zero-order chi connectivity index (χ0) is 70.8. The normalized spacial score (nSPS) is 29.1. The second-order valence-corrected chi connectivity index (χ2v) is 32.9. The molecule has 15 atom stereocenters. The summed E-state index contributed by atoms with van der Waals surface area (Å²) >= 11 is 28.9. The van der Waals surface area contributed by atoms with Crippen molar-refractivity contribution in [3.8, 4) is 0 Å². The Kier molecular flexibility index (Phi) is 18.9. The van der Waals surface area contributed by atoms with Crippen LogP contribution < -0.4 is 16.0 Å². The van der Waals surface area contributed by atoms with Crippen LogP contribution in [0.4, 0.5) is 0 Å². The average molecular weight is 1630 g/mol. The molecule has 6 aliphatic rings. The summed E-state index contributed by atoms with van der Waals surface area (Å²) in [6.45, 7) is 7.88. The van der Waals surface area contributed by atoms with Crippen molar-refractivity contribution < 1.29 is 30.6 Å². The van der Waals surface area contributed by atoms with Gasteiger partial charge < -0.3 is 60.3 Å². The molecular weight excluding hydrogens is 1550 g/mol. The van der Waals surface area contributed by atoms with Crippen LogP contribution in [0.1, 0.15) is 90.4 Å². The molecular formula is C75H75Br3Cl3N15O6. The summed E-state index contributed by atoms with van der Waals surface area (Å²) in [5, 5.41) is 84.9. The van der Waals surface area contributed by atoms with Gasteiger partial charge in [0.05, 0.1) is 83.5 Å². The Morgan fingerprint density at radius 3 is 0.971 bits per heavy atom. The smallest absolute Gasteiger partial charge is 0.143 e. The van der Waals surface area contributed by atoms with E-state index in [1.807, 2.05) is 89.5 Å². The van der Waals surface area contributed by atoms with E-state index in [4.69, 9.17) is 34.8 Å². The zero-order valence-electron chi connectivity index (χ0n) is 55.9. The summed E-state index contributed by atoms with van der Waals surface area (Å²) in [5.41, 5.74) is 10.1. The molecule has 0 bridgehead atoms. The summed E-state index contributed by atoms with van der Waals surface area (Å²) in [6.07, 6.45) is 12.5. The van der Waals surface area contributed by atoms with Gasteiger partial charge in [0, 0.05) is 105 Å². The number of rotatable bonds is 9. The number of benzene rings is 3. The van der Waals surface area contributed by atoms with E-state index >= 15 is 0 Å². The number of hydrogen-bond acceptors (Lipinski definition) is 18. The maximum Gasteiger partial charge on any atom is 0.143 e. The van der Waals surface area contributed by atoms with Crippen LogP contribution in [-0.4, -0.2) is 164 Å². The number of aliphatic hydroxyl groups is 6. The van der Waals surface area contributed by atoms with Crippen LogP contribution >= 0.6 is 82.6 Å². The van der Waals surface area contributed by atoms with Crippen LogP contribution in [0, 0.1) is 37.0 Å². The zero-order valence-corrected chi connectivity index (χ0v) is 62.9. The second-order valence-electron chi connectivity index (χ2n) is 29.3. The van der Waals surface area contributed by atoms with Gasteiger partial charge in [-0.25, -0.2) is 44.9 Å². The van der Waals surface area contributed by atoms with Gasteiger partial charge in [-0.1, -0.05) is 71.2 Å². The first kappa shape index (κ1) is 70.0. The summed E-state index contributed by atoms with van der Waals surface area (Å²) in [4.78, 5) is 39.6. The lowest BCUT2D eigenvalue weighted by Crippen LogP contribution is -2.38. The predicted octanol–water partition coefficient (Wildman–Crippen LogP) is 11.9. The maximum absolute atomic E-state index is 11.2. The van der Waals surface area contributed by atoms with Crippen LogP contribution in [0.25, 0.3) is 65.8 Å². The fourth-order valence-electron chi connectivity index (χ4n) is 17.8. The van der Waals surface area contributed by atoms with Crippen LogP contribution in [0.15, 0.2) is 142 Å². The molecule has 3 saturated heterocycles. The molecule has 3 spiro atoms. The monoisotopic (exact) mass is 1620 g/mol. The molecule has 12 heterocycles. The third kappa shape index (κ3) is 12.7. The maximum atomic E-state index is 11.2. The average Bonchev–Trinajstić information content (AvgIpc) is 1.59. The van der Waals surface area contributed by atoms with E-state index in [1.54, 1.807) is 19.0 Å². The van der Waals surface area contributed by atoms with Gasteiger partial charge in [0.1, 0.15) is 69.7 Å². The molecule has 0 amide bonds. The Morgan fingerprint density at radius 2 is 0.686 bits per heavy atom. The quantitative estimate of drug-likeness (QED) is 0.0607. The standard InChI is InChI=1S/3C25H25BrClN5O2/c3*1-13-17-4-5-32(24(17)30-12-29-13)20-10-25(22(34)21(20)33)9-16(28-11-25)6-14-2-3-15-8-18(26)23(27)31-19(15)7-14/h3*2-5,7-8,12,16,20-22,28,33-34H,6,9-11H2,1H3/t2*16-,20+,21-,22-,25-;16-,20-,21+,22+,25+/m001/s1. The van der Waals surface area contributed by atoms with Gasteiger partial charge >= 0.3 is 0 Å². The predicted molar refractivity (Wildman–Crippen MR) is 405 cm³/mol. The summed E-state index contributed by atoms with van der Waals surface area (Å²) in [7, 11) is 0. The number of nitrogens with one attached hydrogen (secondary N) is 3. The van der Waals surface area contributed by atoms with E-state index < -0.39 is 36.6 Å². The molecule has 27 heteroatoms. The van der Waals surface area contributed by atoms with E-state index in [1.165, 1.54) is 16.7 Å². The van der Waals surface area contributed by atoms with Crippen molar-refractivity contribution in [2.45, 2.75) is 151 Å². The molecule has 12 aromatic rings. The first-order valence-electron chi connectivity index (χ1n) is 34.4. The van der Waals surface area contributed by atoms with Crippen molar-refractivity contribution in [2.24, 2.45) is 16.2 Å². The number of nitrogens with zero attached hydrogens (tertiary/aromatic N) is 12. The number of halogens is 6. The highest BCUT2D eigenvalue weighted by atomic mass is 79.9. The van der Waals surface area contributed by atoms with Gasteiger partial charge in [0.15, 0.2) is 0 Å². The van der Waals surface area contributed by atoms with Crippen molar-refractivity contribution in [3.63, 3.8) is 0 Å². The molecule has 3 aliphatic heterocycles. The van der Waals surface area contributed by atoms with Crippen LogP contribution in [0.3, 0.4) is 0 Å². The Bertz CT molecular complexity index is 4740. The minimum Gasteiger partial charge on any atom is -0.390 e. The molecule has 21 nitrogen and oxygen atoms in total. The lowest BCUT2D eigenvalue weighted by molar-refractivity contribution is -0.0217. The Labute approximate surface area is 627 Å². The molecule has 102 heavy (non-hydrogen) atoms. The van der Waals surface area contributed by atoms with Gasteiger partial charge in [0.2, 0.25) is 0 Å². The largest absolute Gasteiger partial charge is 0.390 e. The molecule has 3 aliphatic carbocycles. The molecule has 3 saturated carbocycles. The van der Waals surface area contributed by atoms with Crippen LogP contribution in [0.5, 0.6) is 0 Å². The van der Waals surface area contributed by atoms with E-state index in [2.05, 4.69) is 163 Å². The summed E-state index contributed by atoms with van der Waals surface area (Å²) < 4.78 is 8.39. The Hall–Kier alpha value is -6.30. The number of aryl methyl sites for hydroxylation is 3. The van der Waals surface area contributed by atoms with Crippen LogP contribution in [-0.2, 0) is 19.3 Å². The third-order valence-corrected chi connectivity index (χ3v) is 26.5. The van der Waals surface area contributed by atoms with Crippen molar-refractivity contribution in [1.82, 2.24) is 74.5 Å². The number of aromatic nitrogens is 12. The molecule has 6 fully saturated rings. The van der Waals surface area contributed by atoms with Crippen molar-refractivity contribution in [3.05, 3.63) is 191 Å². The number of aliphatic hydroxyl groups excluding tert-OH is 6. The van der Waals surface area contributed by atoms with Gasteiger partial charge in [-0.2, -0.15) is 0 Å². The SMILES string of the molecule is Cc1ncnc2c1ccn2[C@@H]1C[C@@]2(CN[C@@H](Cc3ccc4cc(Br)c(Cl)nc4c3)C2)[C@@H](O)[C@H]1O.Cc1ncnc2c1ccn2[C@@H]1C[C@@]2(CN[C@@H](Cc3ccc4cc(Br)c(Cl)nc4c3)C2)[C@@H](O)[C@H]1O.Cc1ncnc2c1ccn2[C@@H]1C[C@@]2(CN[C@H](Cc3ccc4cc(Br)c(Cl)nc4c3)C2)[C@@H](O)[C@H]1O. The number of hydrogen-bond donors (Lipinski definition) is 9. The van der Waals surface area contributed by atoms with E-state index in [0.717, 1.165) is 135 Å². The Morgan fingerprint density at radius 1 is 0.402 bits per heavy atom. The molecule has 528 valence electrons. The first-order chi connectivity index (χ1) is 49.0. The lowest BCUT2D eigenvalue weighted by Gasteiger charge is -2.27. The fraction of sp³-hybridized carbons (Fsp3) is 0.400. The van der Waals surface area contributed by atoms with E-state index in [0.29, 0.717) is 54.4 Å². The minimum atomic E-state index is -0.850. The van der Waals surface area contributed by atoms with Crippen molar-refractivity contribution >= 4 is 148 Å². The van der Waals surface area contributed by atoms with Crippen molar-refractivity contribution in [2.75, 3.05) is 19.6 Å². The Balaban J connectivity index is 0.000000118. The first-order valence-corrected chi connectivity index (χ1v) is 37.9. The summed E-state index contributed by atoms with van der Waals surface area (Å²) in [5.74, 6) is 0. The van der Waals surface area contributed by atoms with Gasteiger partial charge in [-0.3, -0.25) is 0 Å². The molecule has 3 aromatic carbocycles. The van der Waals surface area contributed by atoms with Gasteiger partial charge in [-0.15, -0.1) is 0 Å². The molecule has 0 unspecified atom stereocenters. The fourth-order valence-corrected chi connectivity index (χ4v) is 19.3. The van der Waals surface area contributed by atoms with Gasteiger partial charge in [-0.05, 0) is 198 Å². The van der Waals surface area contributed by atoms with E-state index in [9.17, 15) is 30.6 Å². The highest BCUT2D eigenvalue weighted by Crippen LogP contribution is 2.54. The molecule has 0 radical (unpaired) electrons. The van der Waals surface area contributed by atoms with Crippen molar-refractivity contribution in [1.29, 1.82) is 0 Å². The minimum absolute atomic E-state index is 0.204.